The Balaban J connectivity index is 1.69. The molecule has 2 heterocycles. The third-order valence-corrected chi connectivity index (χ3v) is 5.36. The van der Waals surface area contributed by atoms with Crippen molar-refractivity contribution in [3.8, 4) is 17.1 Å². The summed E-state index contributed by atoms with van der Waals surface area (Å²) in [6.07, 6.45) is 2.15. The number of nitrogen functional groups attached to an aromatic ring is 1. The Morgan fingerprint density at radius 2 is 2.04 bits per heavy atom. The highest BCUT2D eigenvalue weighted by Gasteiger charge is 2.13. The molecular weight excluding hydrogens is 342 g/mol. The standard InChI is InChI=1S/C16H19N5OS2/c1-3-4-14-18-12(9-23-14)10-24-16-20-19-15(21(16)17)11-5-7-13(22-2)8-6-11/h5-9H,3-4,10,17H2,1-2H3. The predicted molar refractivity (Wildman–Crippen MR) is 97.8 cm³/mol. The highest BCUT2D eigenvalue weighted by atomic mass is 32.2. The Morgan fingerprint density at radius 1 is 1.25 bits per heavy atom. The molecule has 0 aliphatic rings. The van der Waals surface area contributed by atoms with E-state index in [1.54, 1.807) is 18.4 Å². The van der Waals surface area contributed by atoms with Gasteiger partial charge in [-0.05, 0) is 37.1 Å². The van der Waals surface area contributed by atoms with E-state index in [1.165, 1.54) is 21.4 Å². The van der Waals surface area contributed by atoms with Crippen molar-refractivity contribution in [3.63, 3.8) is 0 Å². The lowest BCUT2D eigenvalue weighted by atomic mass is 10.2. The predicted octanol–water partition coefficient (Wildman–Crippen LogP) is 3.37. The van der Waals surface area contributed by atoms with Gasteiger partial charge in [-0.2, -0.15) is 0 Å². The Hall–Kier alpha value is -2.06. The average molecular weight is 361 g/mol. The minimum atomic E-state index is 0.630. The molecule has 6 nitrogen and oxygen atoms in total. The van der Waals surface area contributed by atoms with E-state index in [2.05, 4.69) is 27.5 Å². The normalized spacial score (nSPS) is 10.9. The van der Waals surface area contributed by atoms with Crippen LogP contribution in [0.1, 0.15) is 24.0 Å². The van der Waals surface area contributed by atoms with Gasteiger partial charge in [-0.1, -0.05) is 18.7 Å². The Labute approximate surface area is 149 Å². The van der Waals surface area contributed by atoms with Gasteiger partial charge in [0.05, 0.1) is 17.8 Å². The number of aryl methyl sites for hydroxylation is 1. The third kappa shape index (κ3) is 3.70. The van der Waals surface area contributed by atoms with Gasteiger partial charge >= 0.3 is 0 Å². The lowest BCUT2D eigenvalue weighted by Crippen LogP contribution is -2.11. The van der Waals surface area contributed by atoms with E-state index in [-0.39, 0.29) is 0 Å². The molecular formula is C16H19N5OS2. The summed E-state index contributed by atoms with van der Waals surface area (Å²) < 4.78 is 6.68. The number of aromatic nitrogens is 4. The fraction of sp³-hybridized carbons (Fsp3) is 0.312. The van der Waals surface area contributed by atoms with Crippen LogP contribution in [0.25, 0.3) is 11.4 Å². The van der Waals surface area contributed by atoms with Crippen LogP contribution in [-0.2, 0) is 12.2 Å². The molecule has 126 valence electrons. The molecule has 0 atom stereocenters. The Morgan fingerprint density at radius 3 is 2.75 bits per heavy atom. The molecule has 3 aromatic rings. The smallest absolute Gasteiger partial charge is 0.210 e. The van der Waals surface area contributed by atoms with Gasteiger partial charge in [0.1, 0.15) is 5.75 Å². The van der Waals surface area contributed by atoms with Crippen LogP contribution in [0.3, 0.4) is 0 Å². The minimum absolute atomic E-state index is 0.630. The molecule has 3 rings (SSSR count). The first-order chi connectivity index (χ1) is 11.7. The van der Waals surface area contributed by atoms with Gasteiger partial charge in [0.15, 0.2) is 5.82 Å². The zero-order valence-corrected chi connectivity index (χ0v) is 15.2. The maximum Gasteiger partial charge on any atom is 0.210 e. The lowest BCUT2D eigenvalue weighted by Gasteiger charge is -2.04. The topological polar surface area (TPSA) is 78.9 Å². The highest BCUT2D eigenvalue weighted by molar-refractivity contribution is 7.98. The van der Waals surface area contributed by atoms with Crippen molar-refractivity contribution in [1.29, 1.82) is 0 Å². The zero-order chi connectivity index (χ0) is 16.9. The molecule has 0 saturated carbocycles. The molecule has 0 radical (unpaired) electrons. The SMILES string of the molecule is CCCc1nc(CSc2nnc(-c3ccc(OC)cc3)n2N)cs1. The number of hydrogen-bond donors (Lipinski definition) is 1. The summed E-state index contributed by atoms with van der Waals surface area (Å²) in [6.45, 7) is 2.16. The van der Waals surface area contributed by atoms with Crippen molar-refractivity contribution < 1.29 is 4.74 Å². The van der Waals surface area contributed by atoms with E-state index in [1.807, 2.05) is 24.3 Å². The summed E-state index contributed by atoms with van der Waals surface area (Å²) >= 11 is 3.25. The van der Waals surface area contributed by atoms with Gasteiger partial charge in [-0.15, -0.1) is 21.5 Å². The second-order valence-corrected chi connectivity index (χ2v) is 7.06. The third-order valence-electron chi connectivity index (χ3n) is 3.43. The summed E-state index contributed by atoms with van der Waals surface area (Å²) in [5, 5.41) is 12.3. The summed E-state index contributed by atoms with van der Waals surface area (Å²) in [4.78, 5) is 4.61. The molecule has 0 bridgehead atoms. The molecule has 0 spiro atoms. The van der Waals surface area contributed by atoms with Crippen molar-refractivity contribution in [2.75, 3.05) is 13.0 Å². The van der Waals surface area contributed by atoms with Crippen molar-refractivity contribution in [1.82, 2.24) is 19.9 Å². The van der Waals surface area contributed by atoms with Crippen LogP contribution < -0.4 is 10.6 Å². The molecule has 0 unspecified atom stereocenters. The van der Waals surface area contributed by atoms with Crippen molar-refractivity contribution in [2.24, 2.45) is 0 Å². The number of rotatable bonds is 7. The fourth-order valence-electron chi connectivity index (χ4n) is 2.19. The summed E-state index contributed by atoms with van der Waals surface area (Å²) in [7, 11) is 1.64. The second kappa shape index (κ2) is 7.67. The van der Waals surface area contributed by atoms with E-state index < -0.39 is 0 Å². The van der Waals surface area contributed by atoms with Gasteiger partial charge in [0, 0.05) is 16.7 Å². The lowest BCUT2D eigenvalue weighted by molar-refractivity contribution is 0.415. The van der Waals surface area contributed by atoms with Crippen molar-refractivity contribution in [3.05, 3.63) is 40.3 Å². The first kappa shape index (κ1) is 16.8. The van der Waals surface area contributed by atoms with E-state index in [9.17, 15) is 0 Å². The van der Waals surface area contributed by atoms with Crippen LogP contribution in [0.2, 0.25) is 0 Å². The molecule has 2 N–H and O–H groups in total. The van der Waals surface area contributed by atoms with Gasteiger partial charge in [-0.3, -0.25) is 0 Å². The van der Waals surface area contributed by atoms with Crippen LogP contribution >= 0.6 is 23.1 Å². The number of nitrogens with zero attached hydrogens (tertiary/aromatic N) is 4. The number of thiazole rings is 1. The molecule has 24 heavy (non-hydrogen) atoms. The number of hydrogen-bond acceptors (Lipinski definition) is 7. The van der Waals surface area contributed by atoms with Crippen LogP contribution in [0, 0.1) is 0 Å². The second-order valence-electron chi connectivity index (χ2n) is 5.18. The highest BCUT2D eigenvalue weighted by Crippen LogP contribution is 2.26. The number of ether oxygens (including phenoxy) is 1. The quantitative estimate of drug-likeness (QED) is 0.513. The molecule has 0 saturated heterocycles. The van der Waals surface area contributed by atoms with Gasteiger partial charge in [0.2, 0.25) is 5.16 Å². The number of methoxy groups -OCH3 is 1. The minimum Gasteiger partial charge on any atom is -0.497 e. The summed E-state index contributed by atoms with van der Waals surface area (Å²) in [5.41, 5.74) is 1.96. The molecule has 0 fully saturated rings. The monoisotopic (exact) mass is 361 g/mol. The molecule has 1 aromatic carbocycles. The van der Waals surface area contributed by atoms with Gasteiger partial charge in [-0.25, -0.2) is 9.66 Å². The number of nitrogens with two attached hydrogens (primary N) is 1. The average Bonchev–Trinajstić information content (AvgIpc) is 3.20. The van der Waals surface area contributed by atoms with Crippen LogP contribution in [-0.4, -0.2) is 27.0 Å². The maximum absolute atomic E-state index is 6.14. The molecule has 0 aliphatic carbocycles. The molecule has 0 amide bonds. The number of thioether (sulfide) groups is 1. The zero-order valence-electron chi connectivity index (χ0n) is 13.6. The van der Waals surface area contributed by atoms with Crippen LogP contribution in [0.15, 0.2) is 34.8 Å². The summed E-state index contributed by atoms with van der Waals surface area (Å²) in [5.74, 6) is 8.30. The Kier molecular flexibility index (Phi) is 5.37. The van der Waals surface area contributed by atoms with Gasteiger partial charge < -0.3 is 10.6 Å². The van der Waals surface area contributed by atoms with E-state index in [4.69, 9.17) is 10.6 Å². The maximum atomic E-state index is 6.14. The first-order valence-corrected chi connectivity index (χ1v) is 9.48. The van der Waals surface area contributed by atoms with Crippen molar-refractivity contribution >= 4 is 23.1 Å². The fourth-order valence-corrected chi connectivity index (χ4v) is 3.95. The molecule has 8 heteroatoms. The molecule has 0 aliphatic heterocycles. The summed E-state index contributed by atoms with van der Waals surface area (Å²) in [6, 6.07) is 7.58. The van der Waals surface area contributed by atoms with Crippen molar-refractivity contribution in [2.45, 2.75) is 30.7 Å². The number of benzene rings is 1. The van der Waals surface area contributed by atoms with Crippen LogP contribution in [0.4, 0.5) is 0 Å². The first-order valence-electron chi connectivity index (χ1n) is 7.62. The van der Waals surface area contributed by atoms with E-state index in [0.717, 1.165) is 35.6 Å². The van der Waals surface area contributed by atoms with Crippen LogP contribution in [0.5, 0.6) is 5.75 Å². The Bertz CT molecular complexity index is 797. The van der Waals surface area contributed by atoms with Gasteiger partial charge in [0.25, 0.3) is 0 Å². The molecule has 2 aromatic heterocycles. The van der Waals surface area contributed by atoms with E-state index >= 15 is 0 Å². The van der Waals surface area contributed by atoms with E-state index in [0.29, 0.717) is 11.0 Å². The largest absolute Gasteiger partial charge is 0.497 e.